The van der Waals surface area contributed by atoms with E-state index in [1.165, 1.54) is 28.4 Å². The fourth-order valence-electron chi connectivity index (χ4n) is 4.72. The van der Waals surface area contributed by atoms with Crippen molar-refractivity contribution < 1.29 is 13.3 Å². The predicted molar refractivity (Wildman–Crippen MR) is 194 cm³/mol. The van der Waals surface area contributed by atoms with Crippen LogP contribution in [0.4, 0.5) is 0 Å². The zero-order valence-corrected chi connectivity index (χ0v) is 31.1. The second-order valence-electron chi connectivity index (χ2n) is 10.5. The van der Waals surface area contributed by atoms with E-state index >= 15 is 0 Å². The Kier molecular flexibility index (Phi) is 16.8. The lowest BCUT2D eigenvalue weighted by Gasteiger charge is -2.12. The Morgan fingerprint density at radius 3 is 1.52 bits per heavy atom. The molecule has 0 aromatic heterocycles. The number of hydrogen-bond donors (Lipinski definition) is 0. The standard InChI is InChI=1S/C11H12OSi.C11H14Si.C7H12OSi.C6H10OSi/c1-2-6-10(7-3-1)12-13-11-8-4-5-9-11;1-12(10-6-2-3-7-10)11-8-4-5-9-11;1-2-8-9-7-5-3-4-6-7;1-7-8-6-4-2-3-5-6/h1-8H,9,13H2;2-6,8,12H,7,9H2,1H3;3-5H,2,6,9H2,1H3;2-4H,5,8H2,1H3. The zero-order chi connectivity index (χ0) is 29.7. The Morgan fingerprint density at radius 2 is 1.10 bits per heavy atom. The third-order valence-electron chi connectivity index (χ3n) is 7.25. The van der Waals surface area contributed by atoms with Crippen molar-refractivity contribution in [1.29, 1.82) is 0 Å². The van der Waals surface area contributed by atoms with E-state index in [9.17, 15) is 0 Å². The molecule has 0 fully saturated rings. The second kappa shape index (κ2) is 21.0. The van der Waals surface area contributed by atoms with Crippen LogP contribution in [-0.4, -0.2) is 51.8 Å². The summed E-state index contributed by atoms with van der Waals surface area (Å²) >= 11 is 0. The molecule has 0 amide bonds. The lowest BCUT2D eigenvalue weighted by Crippen LogP contribution is -2.13. The van der Waals surface area contributed by atoms with Crippen LogP contribution in [0.25, 0.3) is 0 Å². The third kappa shape index (κ3) is 13.5. The van der Waals surface area contributed by atoms with Crippen LogP contribution >= 0.6 is 0 Å². The van der Waals surface area contributed by atoms with Gasteiger partial charge in [-0.15, -0.1) is 0 Å². The van der Waals surface area contributed by atoms with Crippen LogP contribution in [0, 0.1) is 0 Å². The fourth-order valence-corrected chi connectivity index (χ4v) is 9.90. The average Bonchev–Trinajstić information content (AvgIpc) is 3.87. The van der Waals surface area contributed by atoms with Crippen molar-refractivity contribution in [3.8, 4) is 5.75 Å². The van der Waals surface area contributed by atoms with Gasteiger partial charge in [-0.3, -0.25) is 0 Å². The first-order chi connectivity index (χ1) is 20.7. The maximum Gasteiger partial charge on any atom is 0.247 e. The Hall–Kier alpha value is -2.79. The molecule has 1 aromatic carbocycles. The number of hydrogen-bond acceptors (Lipinski definition) is 3. The van der Waals surface area contributed by atoms with E-state index in [2.05, 4.69) is 105 Å². The lowest BCUT2D eigenvalue weighted by molar-refractivity contribution is 0.364. The quantitative estimate of drug-likeness (QED) is 0.289. The fraction of sp³-hybridized carbons (Fsp3) is 0.257. The first-order valence-corrected chi connectivity index (χ1v) is 21.3. The van der Waals surface area contributed by atoms with Gasteiger partial charge in [0.2, 0.25) is 9.76 Å². The summed E-state index contributed by atoms with van der Waals surface area (Å²) in [6.07, 6.45) is 38.7. The van der Waals surface area contributed by atoms with E-state index in [-0.39, 0.29) is 19.5 Å². The van der Waals surface area contributed by atoms with Crippen LogP contribution in [0.5, 0.6) is 5.75 Å². The maximum atomic E-state index is 5.72. The van der Waals surface area contributed by atoms with Gasteiger partial charge in [0.25, 0.3) is 0 Å². The molecule has 0 bridgehead atoms. The van der Waals surface area contributed by atoms with Crippen molar-refractivity contribution in [2.24, 2.45) is 0 Å². The molecule has 6 rings (SSSR count). The molecule has 0 saturated heterocycles. The number of benzene rings is 1. The van der Waals surface area contributed by atoms with Crippen LogP contribution in [-0.2, 0) is 8.85 Å². The minimum absolute atomic E-state index is 0.303. The third-order valence-corrected chi connectivity index (χ3v) is 14.4. The molecule has 7 heteroatoms. The van der Waals surface area contributed by atoms with Crippen LogP contribution in [0.3, 0.4) is 0 Å². The van der Waals surface area contributed by atoms with Gasteiger partial charge in [0.1, 0.15) is 5.75 Å². The zero-order valence-electron chi connectivity index (χ0n) is 25.7. The van der Waals surface area contributed by atoms with Crippen LogP contribution < -0.4 is 4.43 Å². The average molecular weight is 629 g/mol. The summed E-state index contributed by atoms with van der Waals surface area (Å²) in [4.78, 5) is 0. The van der Waals surface area contributed by atoms with Gasteiger partial charge >= 0.3 is 0 Å². The minimum Gasteiger partial charge on any atom is -0.545 e. The molecule has 0 N–H and O–H groups in total. The summed E-state index contributed by atoms with van der Waals surface area (Å²) in [5.74, 6) is 1.00. The first-order valence-electron chi connectivity index (χ1n) is 15.2. The number of allylic oxidation sites excluding steroid dienone is 20. The Morgan fingerprint density at radius 1 is 0.619 bits per heavy atom. The lowest BCUT2D eigenvalue weighted by atomic mass is 10.3. The van der Waals surface area contributed by atoms with E-state index < -0.39 is 18.6 Å². The maximum absolute atomic E-state index is 5.72. The van der Waals surface area contributed by atoms with Gasteiger partial charge in [0.15, 0.2) is 19.5 Å². The molecule has 3 nitrogen and oxygen atoms in total. The Bertz CT molecular complexity index is 1230. The van der Waals surface area contributed by atoms with Crippen molar-refractivity contribution in [3.05, 3.63) is 147 Å². The Labute approximate surface area is 263 Å². The highest BCUT2D eigenvalue weighted by Gasteiger charge is 2.16. The molecule has 5 aliphatic carbocycles. The molecular weight excluding hydrogens is 581 g/mol. The molecule has 0 radical (unpaired) electrons. The predicted octanol–water partition coefficient (Wildman–Crippen LogP) is 6.20. The summed E-state index contributed by atoms with van der Waals surface area (Å²) in [5, 5.41) is 7.91. The van der Waals surface area contributed by atoms with E-state index in [4.69, 9.17) is 13.3 Å². The number of rotatable bonds is 10. The second-order valence-corrected chi connectivity index (χ2v) is 18.3. The molecule has 0 unspecified atom stereocenters. The van der Waals surface area contributed by atoms with Crippen molar-refractivity contribution in [1.82, 2.24) is 0 Å². The van der Waals surface area contributed by atoms with Crippen molar-refractivity contribution in [2.45, 2.75) is 45.6 Å². The van der Waals surface area contributed by atoms with Crippen LogP contribution in [0.15, 0.2) is 147 Å². The summed E-state index contributed by atoms with van der Waals surface area (Å²) in [5.41, 5.74) is 0. The molecule has 222 valence electrons. The van der Waals surface area contributed by atoms with Crippen molar-refractivity contribution >= 4 is 38.1 Å². The molecule has 0 atom stereocenters. The van der Waals surface area contributed by atoms with Gasteiger partial charge in [0.05, 0.1) is 8.80 Å². The van der Waals surface area contributed by atoms with Gasteiger partial charge in [-0.2, -0.15) is 0 Å². The van der Waals surface area contributed by atoms with Crippen LogP contribution in [0.1, 0.15) is 39.0 Å². The minimum atomic E-state index is -0.710. The molecule has 0 saturated carbocycles. The van der Waals surface area contributed by atoms with Crippen molar-refractivity contribution in [3.63, 3.8) is 0 Å². The SMILES string of the molecule is C1=CCC([SiH2]Oc2ccccc2)=C1.CCO[SiH2]C1=CC=CC1.CO[SiH2]C1=CC=CC1.C[SiH](C1=CC=CC1)C1=CC=CC1. The van der Waals surface area contributed by atoms with Gasteiger partial charge in [0, 0.05) is 13.7 Å². The normalized spacial score (nSPS) is 17.9. The smallest absolute Gasteiger partial charge is 0.247 e. The molecular formula is C35H48O3Si4. The van der Waals surface area contributed by atoms with E-state index in [0.717, 1.165) is 31.6 Å². The molecule has 0 spiro atoms. The Balaban J connectivity index is 0.000000157. The summed E-state index contributed by atoms with van der Waals surface area (Å²) < 4.78 is 16.1. The molecule has 1 aromatic rings. The van der Waals surface area contributed by atoms with Gasteiger partial charge in [-0.05, 0) is 56.4 Å². The molecule has 0 heterocycles. The van der Waals surface area contributed by atoms with Crippen LogP contribution in [0.2, 0.25) is 6.55 Å². The number of para-hydroxylation sites is 1. The highest BCUT2D eigenvalue weighted by molar-refractivity contribution is 6.73. The van der Waals surface area contributed by atoms with Gasteiger partial charge in [-0.25, -0.2) is 0 Å². The molecule has 5 aliphatic rings. The van der Waals surface area contributed by atoms with Gasteiger partial charge < -0.3 is 13.3 Å². The topological polar surface area (TPSA) is 27.7 Å². The largest absolute Gasteiger partial charge is 0.545 e. The highest BCUT2D eigenvalue weighted by atomic mass is 28.3. The van der Waals surface area contributed by atoms with E-state index in [0.29, 0.717) is 0 Å². The van der Waals surface area contributed by atoms with E-state index in [1.807, 2.05) is 30.3 Å². The molecule has 42 heavy (non-hydrogen) atoms. The van der Waals surface area contributed by atoms with Crippen molar-refractivity contribution in [2.75, 3.05) is 13.7 Å². The summed E-state index contributed by atoms with van der Waals surface area (Å²) in [7, 11) is -0.0556. The van der Waals surface area contributed by atoms with E-state index in [1.54, 1.807) is 17.5 Å². The highest BCUT2D eigenvalue weighted by Crippen LogP contribution is 2.23. The first kappa shape index (κ1) is 33.7. The summed E-state index contributed by atoms with van der Waals surface area (Å²) in [6.45, 7) is 5.37. The molecule has 0 aliphatic heterocycles. The summed E-state index contributed by atoms with van der Waals surface area (Å²) in [6, 6.07) is 10.0. The monoisotopic (exact) mass is 628 g/mol. The van der Waals surface area contributed by atoms with Gasteiger partial charge in [-0.1, -0.05) is 137 Å².